The van der Waals surface area contributed by atoms with Gasteiger partial charge in [-0.05, 0) is 0 Å². The molecule has 1 aromatic heterocycles. The van der Waals surface area contributed by atoms with Crippen molar-refractivity contribution in [3.8, 4) is 0 Å². The molecule has 0 radical (unpaired) electrons. The molecule has 0 fully saturated rings. The van der Waals surface area contributed by atoms with Crippen LogP contribution >= 0.6 is 0 Å². The molecule has 10 heavy (non-hydrogen) atoms. The summed E-state index contributed by atoms with van der Waals surface area (Å²) in [6, 6.07) is 0.341. The van der Waals surface area contributed by atoms with Crippen molar-refractivity contribution in [2.24, 2.45) is 5.10 Å². The van der Waals surface area contributed by atoms with E-state index in [1.165, 1.54) is 17.8 Å². The maximum atomic E-state index is 4.83. The first kappa shape index (κ1) is 5.21. The van der Waals surface area contributed by atoms with Crippen LogP contribution in [0, 0.1) is 0 Å². The van der Waals surface area contributed by atoms with Crippen molar-refractivity contribution in [2.45, 2.75) is 0 Å². The third kappa shape index (κ3) is 0.697. The number of hydrogen-bond acceptors (Lipinski definition) is 6. The summed E-state index contributed by atoms with van der Waals surface area (Å²) in [7, 11) is 0. The first-order valence-electron chi connectivity index (χ1n) is 2.64. The van der Waals surface area contributed by atoms with Crippen LogP contribution in [0.1, 0.15) is 0 Å². The van der Waals surface area contributed by atoms with E-state index in [9.17, 15) is 0 Å². The Kier molecular flexibility index (Phi) is 1.03. The van der Waals surface area contributed by atoms with Crippen LogP contribution in [0.25, 0.3) is 0 Å². The second-order valence-electron chi connectivity index (χ2n) is 1.64. The Balaban J connectivity index is 2.20. The molecule has 2 heterocycles. The topological polar surface area (TPSA) is 63.8 Å². The van der Waals surface area contributed by atoms with Crippen molar-refractivity contribution in [1.29, 1.82) is 0 Å². The van der Waals surface area contributed by atoms with Crippen molar-refractivity contribution in [1.82, 2.24) is 10.2 Å². The van der Waals surface area contributed by atoms with E-state index in [4.69, 9.17) is 9.15 Å². The molecular weight excluding hydrogens is 136 g/mol. The van der Waals surface area contributed by atoms with Crippen LogP contribution in [-0.4, -0.2) is 23.3 Å². The summed E-state index contributed by atoms with van der Waals surface area (Å²) in [6.07, 6.45) is 2.56. The van der Waals surface area contributed by atoms with Crippen molar-refractivity contribution >= 4 is 12.4 Å². The van der Waals surface area contributed by atoms with Crippen LogP contribution in [0.3, 0.4) is 0 Å². The molecule has 0 spiro atoms. The average molecular weight is 140 g/mol. The highest BCUT2D eigenvalue weighted by Crippen LogP contribution is 2.10. The molecule has 1 aliphatic heterocycles. The molecule has 0 bridgehead atoms. The minimum absolute atomic E-state index is 0.336. The summed E-state index contributed by atoms with van der Waals surface area (Å²) in [5.74, 6) is 0. The molecule has 6 nitrogen and oxygen atoms in total. The highest BCUT2D eigenvalue weighted by atomic mass is 16.5. The predicted molar refractivity (Wildman–Crippen MR) is 31.2 cm³/mol. The largest absolute Gasteiger partial charge is 0.459 e. The quantitative estimate of drug-likeness (QED) is 0.540. The molecule has 1 aromatic rings. The number of hydrogen-bond donors (Lipinski definition) is 0. The normalized spacial score (nSPS) is 15.8. The van der Waals surface area contributed by atoms with Crippen molar-refractivity contribution < 1.29 is 9.15 Å². The SMILES string of the molecule is C1=NN(c2nnco2)CO1. The zero-order valence-electron chi connectivity index (χ0n) is 4.97. The van der Waals surface area contributed by atoms with E-state index in [2.05, 4.69) is 15.3 Å². The summed E-state index contributed by atoms with van der Waals surface area (Å²) < 4.78 is 9.61. The fourth-order valence-electron chi connectivity index (χ4n) is 0.612. The van der Waals surface area contributed by atoms with Gasteiger partial charge in [0, 0.05) is 0 Å². The van der Waals surface area contributed by atoms with Gasteiger partial charge >= 0.3 is 6.01 Å². The van der Waals surface area contributed by atoms with Crippen LogP contribution < -0.4 is 5.01 Å². The molecule has 0 amide bonds. The Morgan fingerprint density at radius 2 is 2.60 bits per heavy atom. The molecule has 0 aliphatic carbocycles. The predicted octanol–water partition coefficient (Wildman–Crippen LogP) is -0.193. The van der Waals surface area contributed by atoms with Gasteiger partial charge in [0.2, 0.25) is 6.39 Å². The first-order chi connectivity index (χ1) is 4.97. The first-order valence-corrected chi connectivity index (χ1v) is 2.64. The molecule has 0 saturated carbocycles. The van der Waals surface area contributed by atoms with Crippen LogP contribution in [0.2, 0.25) is 0 Å². The second-order valence-corrected chi connectivity index (χ2v) is 1.64. The zero-order valence-corrected chi connectivity index (χ0v) is 4.97. The Morgan fingerprint density at radius 1 is 1.60 bits per heavy atom. The van der Waals surface area contributed by atoms with E-state index in [0.29, 0.717) is 12.7 Å². The number of anilines is 1. The smallest absolute Gasteiger partial charge is 0.342 e. The molecule has 0 atom stereocenters. The monoisotopic (exact) mass is 140 g/mol. The lowest BCUT2D eigenvalue weighted by Gasteiger charge is -2.02. The van der Waals surface area contributed by atoms with Gasteiger partial charge in [0.1, 0.15) is 0 Å². The molecule has 1 aliphatic rings. The van der Waals surface area contributed by atoms with Crippen LogP contribution in [0.15, 0.2) is 15.9 Å². The highest BCUT2D eigenvalue weighted by Gasteiger charge is 2.13. The minimum atomic E-state index is 0.336. The molecule has 0 aromatic carbocycles. The van der Waals surface area contributed by atoms with Crippen LogP contribution in [-0.2, 0) is 4.74 Å². The number of aromatic nitrogens is 2. The van der Waals surface area contributed by atoms with Gasteiger partial charge in [-0.2, -0.15) is 5.01 Å². The van der Waals surface area contributed by atoms with E-state index in [1.807, 2.05) is 0 Å². The minimum Gasteiger partial charge on any atom is -0.459 e. The van der Waals surface area contributed by atoms with Gasteiger partial charge in [0.05, 0.1) is 0 Å². The Labute approximate surface area is 56.1 Å². The van der Waals surface area contributed by atoms with Gasteiger partial charge in [-0.3, -0.25) is 0 Å². The molecule has 0 N–H and O–H groups in total. The zero-order chi connectivity index (χ0) is 6.81. The Morgan fingerprint density at radius 3 is 3.20 bits per heavy atom. The van der Waals surface area contributed by atoms with E-state index in [1.54, 1.807) is 0 Å². The van der Waals surface area contributed by atoms with E-state index < -0.39 is 0 Å². The Hall–Kier alpha value is -1.59. The lowest BCUT2D eigenvalue weighted by atomic mass is 11.0. The second kappa shape index (κ2) is 1.98. The van der Waals surface area contributed by atoms with Gasteiger partial charge in [-0.1, -0.05) is 5.10 Å². The fraction of sp³-hybridized carbons (Fsp3) is 0.250. The van der Waals surface area contributed by atoms with Gasteiger partial charge in [-0.15, -0.1) is 10.2 Å². The van der Waals surface area contributed by atoms with Crippen molar-refractivity contribution in [3.05, 3.63) is 6.39 Å². The van der Waals surface area contributed by atoms with E-state index in [-0.39, 0.29) is 0 Å². The average Bonchev–Trinajstić information content (AvgIpc) is 2.59. The molecule has 52 valence electrons. The number of nitrogens with zero attached hydrogens (tertiary/aromatic N) is 4. The summed E-state index contributed by atoms with van der Waals surface area (Å²) in [4.78, 5) is 0. The highest BCUT2D eigenvalue weighted by molar-refractivity contribution is 5.52. The summed E-state index contributed by atoms with van der Waals surface area (Å²) in [5.41, 5.74) is 0. The number of rotatable bonds is 1. The fourth-order valence-corrected chi connectivity index (χ4v) is 0.612. The molecule has 2 rings (SSSR count). The van der Waals surface area contributed by atoms with E-state index in [0.717, 1.165) is 0 Å². The van der Waals surface area contributed by atoms with Crippen LogP contribution in [0.4, 0.5) is 6.01 Å². The van der Waals surface area contributed by atoms with Gasteiger partial charge < -0.3 is 9.15 Å². The lowest BCUT2D eigenvalue weighted by Crippen LogP contribution is -2.12. The third-order valence-corrected chi connectivity index (χ3v) is 1.03. The van der Waals surface area contributed by atoms with Crippen LogP contribution in [0.5, 0.6) is 0 Å². The Bertz CT molecular complexity index is 231. The van der Waals surface area contributed by atoms with E-state index >= 15 is 0 Å². The number of ether oxygens (including phenoxy) is 1. The number of hydrazone groups is 1. The maximum absolute atomic E-state index is 4.83. The van der Waals surface area contributed by atoms with Crippen molar-refractivity contribution in [2.75, 3.05) is 11.7 Å². The third-order valence-electron chi connectivity index (χ3n) is 1.03. The maximum Gasteiger partial charge on any atom is 0.342 e. The standard InChI is InChI=1S/C4H4N4O2/c1-5-7-4(10-1)8-3-9-2-6-8/h1-2H,3H2. The molecular formula is C4H4N4O2. The van der Waals surface area contributed by atoms with Crippen molar-refractivity contribution in [3.63, 3.8) is 0 Å². The molecule has 6 heteroatoms. The van der Waals surface area contributed by atoms with Gasteiger partial charge in [-0.25, -0.2) is 0 Å². The van der Waals surface area contributed by atoms with Gasteiger partial charge in [0.15, 0.2) is 13.1 Å². The summed E-state index contributed by atoms with van der Waals surface area (Å²) in [5, 5.41) is 12.3. The van der Waals surface area contributed by atoms with Gasteiger partial charge in [0.25, 0.3) is 0 Å². The lowest BCUT2D eigenvalue weighted by molar-refractivity contribution is 0.340. The molecule has 0 unspecified atom stereocenters. The molecule has 0 saturated heterocycles. The summed E-state index contributed by atoms with van der Waals surface area (Å²) in [6.45, 7) is 0.336. The summed E-state index contributed by atoms with van der Waals surface area (Å²) >= 11 is 0.